The van der Waals surface area contributed by atoms with Gasteiger partial charge in [-0.2, -0.15) is 11.8 Å². The number of unbranched alkanes of at least 4 members (excludes halogenated alkanes) is 12. The highest BCUT2D eigenvalue weighted by Gasteiger charge is 1.94. The van der Waals surface area contributed by atoms with Crippen LogP contribution >= 0.6 is 11.8 Å². The molecule has 0 aromatic carbocycles. The van der Waals surface area contributed by atoms with Crippen molar-refractivity contribution >= 4 is 11.8 Å². The van der Waals surface area contributed by atoms with Crippen LogP contribution in [0.5, 0.6) is 0 Å². The smallest absolute Gasteiger partial charge is 0.00675 e. The minimum absolute atomic E-state index is 1.36. The molecule has 0 amide bonds. The van der Waals surface area contributed by atoms with Crippen molar-refractivity contribution in [2.75, 3.05) is 11.5 Å². The maximum atomic E-state index is 2.29. The van der Waals surface area contributed by atoms with E-state index in [9.17, 15) is 0 Å². The first-order valence-electron chi connectivity index (χ1n) is 8.99. The Kier molecular flexibility index (Phi) is 18.7. The van der Waals surface area contributed by atoms with Gasteiger partial charge in [-0.05, 0) is 24.3 Å². The summed E-state index contributed by atoms with van der Waals surface area (Å²) in [7, 11) is 0. The summed E-state index contributed by atoms with van der Waals surface area (Å²) in [6, 6.07) is 0. The van der Waals surface area contributed by atoms with E-state index in [0.717, 1.165) is 0 Å². The molecule has 0 saturated carbocycles. The number of hydrogen-bond acceptors (Lipinski definition) is 1. The third-order valence-electron chi connectivity index (χ3n) is 3.78. The number of hydrogen-bond donors (Lipinski definition) is 0. The highest BCUT2D eigenvalue weighted by molar-refractivity contribution is 7.99. The van der Waals surface area contributed by atoms with Gasteiger partial charge in [-0.1, -0.05) is 90.9 Å². The van der Waals surface area contributed by atoms with Gasteiger partial charge in [0, 0.05) is 0 Å². The molecule has 0 aliphatic heterocycles. The Morgan fingerprint density at radius 2 is 0.737 bits per heavy atom. The molecular formula is C18H38S. The Labute approximate surface area is 127 Å². The molecule has 0 spiro atoms. The Hall–Kier alpha value is 0.350. The second-order valence-corrected chi connectivity index (χ2v) is 7.08. The lowest BCUT2D eigenvalue weighted by Gasteiger charge is -2.03. The van der Waals surface area contributed by atoms with Gasteiger partial charge in [0.05, 0.1) is 0 Å². The van der Waals surface area contributed by atoms with Crippen LogP contribution in [-0.4, -0.2) is 11.5 Å². The molecule has 0 aliphatic rings. The first-order chi connectivity index (χ1) is 9.41. The molecule has 116 valence electrons. The third-order valence-corrected chi connectivity index (χ3v) is 4.94. The second kappa shape index (κ2) is 18.4. The lowest BCUT2D eigenvalue weighted by molar-refractivity contribution is 0.563. The monoisotopic (exact) mass is 286 g/mol. The summed E-state index contributed by atoms with van der Waals surface area (Å²) >= 11 is 2.18. The van der Waals surface area contributed by atoms with Crippen LogP contribution < -0.4 is 0 Å². The Bertz CT molecular complexity index is 129. The van der Waals surface area contributed by atoms with Crippen LogP contribution in [0.2, 0.25) is 0 Å². The van der Waals surface area contributed by atoms with E-state index in [1.807, 2.05) is 0 Å². The summed E-state index contributed by atoms with van der Waals surface area (Å²) in [6.45, 7) is 4.58. The third kappa shape index (κ3) is 18.4. The standard InChI is InChI=1S/C18H38S/c1-3-5-7-9-10-11-12-13-14-16-18-19-17-15-8-6-4-2/h3-18H2,1-2H3. The SMILES string of the molecule is CCCCCCCCCCCCSCCCCCC. The molecule has 0 aliphatic carbocycles. The van der Waals surface area contributed by atoms with E-state index >= 15 is 0 Å². The van der Waals surface area contributed by atoms with Crippen LogP contribution in [0.25, 0.3) is 0 Å². The Morgan fingerprint density at radius 3 is 1.16 bits per heavy atom. The van der Waals surface area contributed by atoms with E-state index in [1.54, 1.807) is 0 Å². The molecule has 0 rings (SSSR count). The minimum atomic E-state index is 1.36. The van der Waals surface area contributed by atoms with Gasteiger partial charge in [-0.3, -0.25) is 0 Å². The highest BCUT2D eigenvalue weighted by Crippen LogP contribution is 2.13. The molecule has 1 heteroatoms. The van der Waals surface area contributed by atoms with E-state index < -0.39 is 0 Å². The van der Waals surface area contributed by atoms with Gasteiger partial charge in [-0.25, -0.2) is 0 Å². The molecular weight excluding hydrogens is 248 g/mol. The van der Waals surface area contributed by atoms with E-state index in [-0.39, 0.29) is 0 Å². The fourth-order valence-electron chi connectivity index (χ4n) is 2.42. The van der Waals surface area contributed by atoms with Crippen molar-refractivity contribution in [2.24, 2.45) is 0 Å². The predicted molar refractivity (Wildman–Crippen MR) is 93.3 cm³/mol. The Morgan fingerprint density at radius 1 is 0.421 bits per heavy atom. The molecule has 0 saturated heterocycles. The molecule has 0 aromatic rings. The van der Waals surface area contributed by atoms with Crippen molar-refractivity contribution in [3.63, 3.8) is 0 Å². The predicted octanol–water partition coefficient (Wildman–Crippen LogP) is 7.22. The molecule has 0 heterocycles. The summed E-state index contributed by atoms with van der Waals surface area (Å²) in [5.74, 6) is 2.81. The van der Waals surface area contributed by atoms with Gasteiger partial charge in [0.15, 0.2) is 0 Å². The summed E-state index contributed by atoms with van der Waals surface area (Å²) in [5, 5.41) is 0. The highest BCUT2D eigenvalue weighted by atomic mass is 32.2. The van der Waals surface area contributed by atoms with E-state index in [4.69, 9.17) is 0 Å². The molecule has 0 atom stereocenters. The zero-order chi connectivity index (χ0) is 14.0. The van der Waals surface area contributed by atoms with Crippen molar-refractivity contribution in [1.82, 2.24) is 0 Å². The summed E-state index contributed by atoms with van der Waals surface area (Å²) in [5.41, 5.74) is 0. The number of rotatable bonds is 16. The van der Waals surface area contributed by atoms with Crippen LogP contribution in [0.4, 0.5) is 0 Å². The van der Waals surface area contributed by atoms with E-state index in [2.05, 4.69) is 25.6 Å². The zero-order valence-corrected chi connectivity index (χ0v) is 14.5. The summed E-state index contributed by atoms with van der Waals surface area (Å²) in [4.78, 5) is 0. The normalized spacial score (nSPS) is 11.1. The van der Waals surface area contributed by atoms with E-state index in [1.165, 1.54) is 101 Å². The van der Waals surface area contributed by atoms with Crippen molar-refractivity contribution < 1.29 is 0 Å². The van der Waals surface area contributed by atoms with Crippen molar-refractivity contribution in [1.29, 1.82) is 0 Å². The van der Waals surface area contributed by atoms with Crippen LogP contribution in [0.1, 0.15) is 104 Å². The first-order valence-corrected chi connectivity index (χ1v) is 10.1. The minimum Gasteiger partial charge on any atom is -0.162 e. The average molecular weight is 287 g/mol. The fourth-order valence-corrected chi connectivity index (χ4v) is 3.45. The van der Waals surface area contributed by atoms with Gasteiger partial charge in [-0.15, -0.1) is 0 Å². The lowest BCUT2D eigenvalue weighted by Crippen LogP contribution is -1.86. The molecule has 19 heavy (non-hydrogen) atoms. The molecule has 0 radical (unpaired) electrons. The van der Waals surface area contributed by atoms with Crippen LogP contribution in [0.15, 0.2) is 0 Å². The van der Waals surface area contributed by atoms with Crippen LogP contribution in [0, 0.1) is 0 Å². The number of thioether (sulfide) groups is 1. The zero-order valence-electron chi connectivity index (χ0n) is 13.7. The van der Waals surface area contributed by atoms with Gasteiger partial charge >= 0.3 is 0 Å². The van der Waals surface area contributed by atoms with Gasteiger partial charge in [0.25, 0.3) is 0 Å². The largest absolute Gasteiger partial charge is 0.162 e. The molecule has 0 aromatic heterocycles. The van der Waals surface area contributed by atoms with Gasteiger partial charge in [0.2, 0.25) is 0 Å². The second-order valence-electron chi connectivity index (χ2n) is 5.86. The van der Waals surface area contributed by atoms with Crippen LogP contribution in [-0.2, 0) is 0 Å². The fraction of sp³-hybridized carbons (Fsp3) is 1.00. The summed E-state index contributed by atoms with van der Waals surface area (Å²) in [6.07, 6.45) is 20.3. The quantitative estimate of drug-likeness (QED) is 0.270. The van der Waals surface area contributed by atoms with Gasteiger partial charge < -0.3 is 0 Å². The topological polar surface area (TPSA) is 0 Å². The molecule has 0 bridgehead atoms. The Balaban J connectivity index is 2.88. The van der Waals surface area contributed by atoms with Crippen molar-refractivity contribution in [3.8, 4) is 0 Å². The maximum Gasteiger partial charge on any atom is -0.00675 e. The molecule has 0 nitrogen and oxygen atoms in total. The molecule has 0 fully saturated rings. The van der Waals surface area contributed by atoms with Gasteiger partial charge in [0.1, 0.15) is 0 Å². The molecule has 0 N–H and O–H groups in total. The average Bonchev–Trinajstić information content (AvgIpc) is 2.43. The summed E-state index contributed by atoms with van der Waals surface area (Å²) < 4.78 is 0. The first kappa shape index (κ1) is 19.4. The van der Waals surface area contributed by atoms with Crippen molar-refractivity contribution in [2.45, 2.75) is 104 Å². The lowest BCUT2D eigenvalue weighted by atomic mass is 10.1. The molecule has 0 unspecified atom stereocenters. The van der Waals surface area contributed by atoms with Crippen LogP contribution in [0.3, 0.4) is 0 Å². The maximum absolute atomic E-state index is 2.29. The van der Waals surface area contributed by atoms with Crippen molar-refractivity contribution in [3.05, 3.63) is 0 Å². The van der Waals surface area contributed by atoms with E-state index in [0.29, 0.717) is 0 Å².